The van der Waals surface area contributed by atoms with E-state index in [-0.39, 0.29) is 43.2 Å². The van der Waals surface area contributed by atoms with Crippen LogP contribution in [0.15, 0.2) is 78.9 Å². The summed E-state index contributed by atoms with van der Waals surface area (Å²) >= 11 is 0. The first-order valence-electron chi connectivity index (χ1n) is 12.0. The Bertz CT molecular complexity index is 1280. The van der Waals surface area contributed by atoms with Crippen molar-refractivity contribution in [3.8, 4) is 11.1 Å². The van der Waals surface area contributed by atoms with Gasteiger partial charge in [0.25, 0.3) is 11.8 Å². The molecule has 3 aromatic carbocycles. The Morgan fingerprint density at radius 2 is 1.41 bits per heavy atom. The number of rotatable bonds is 5. The summed E-state index contributed by atoms with van der Waals surface area (Å²) in [6.45, 7) is 0.917. The van der Waals surface area contributed by atoms with E-state index in [0.29, 0.717) is 23.2 Å². The average molecular weight is 510 g/mol. The molecule has 6 nitrogen and oxygen atoms in total. The lowest BCUT2D eigenvalue weighted by Gasteiger charge is -2.41. The van der Waals surface area contributed by atoms with Gasteiger partial charge in [0.1, 0.15) is 0 Å². The number of alkyl halides is 3. The number of benzene rings is 3. The summed E-state index contributed by atoms with van der Waals surface area (Å²) in [7, 11) is 0. The molecule has 0 bridgehead atoms. The molecule has 5 rings (SSSR count). The minimum atomic E-state index is -4.68. The highest BCUT2D eigenvalue weighted by Gasteiger charge is 2.41. The molecule has 2 fully saturated rings. The highest BCUT2D eigenvalue weighted by atomic mass is 19.4. The number of β-amino-alcohol motifs (C(OH)–C–C–N with tert-alkyl or cyclic N) is 1. The molecular weight excluding hydrogens is 483 g/mol. The highest BCUT2D eigenvalue weighted by Crippen LogP contribution is 2.36. The Labute approximate surface area is 212 Å². The molecule has 0 saturated carbocycles. The highest BCUT2D eigenvalue weighted by molar-refractivity contribution is 5.97. The number of amides is 2. The summed E-state index contributed by atoms with van der Waals surface area (Å²) in [5.74, 6) is -0.856. The van der Waals surface area contributed by atoms with E-state index in [1.807, 2.05) is 6.07 Å². The lowest BCUT2D eigenvalue weighted by molar-refractivity contribution is -0.138. The summed E-state index contributed by atoms with van der Waals surface area (Å²) in [6.07, 6.45) is -5.46. The van der Waals surface area contributed by atoms with Gasteiger partial charge in [0.2, 0.25) is 0 Å². The van der Waals surface area contributed by atoms with Crippen molar-refractivity contribution in [1.82, 2.24) is 15.1 Å². The number of hydrogen-bond acceptors (Lipinski definition) is 4. The van der Waals surface area contributed by atoms with Crippen LogP contribution in [0.4, 0.5) is 13.2 Å². The smallest absolute Gasteiger partial charge is 0.390 e. The van der Waals surface area contributed by atoms with Gasteiger partial charge in [-0.3, -0.25) is 9.59 Å². The molecule has 2 amide bonds. The van der Waals surface area contributed by atoms with Gasteiger partial charge in [-0.2, -0.15) is 13.2 Å². The second-order valence-corrected chi connectivity index (χ2v) is 9.45. The van der Waals surface area contributed by atoms with E-state index in [1.54, 1.807) is 59.5 Å². The number of carbonyl (C=O) groups is 2. The SMILES string of the molecule is O=C(c1ccccc1)N1C[C@@H](O)[C@H](NC2CN(C(=O)c3ccc(-c4ccccc4)cc3C(F)(F)F)C2)C1. The number of nitrogens with one attached hydrogen (secondary N) is 1. The quantitative estimate of drug-likeness (QED) is 0.551. The topological polar surface area (TPSA) is 72.9 Å². The summed E-state index contributed by atoms with van der Waals surface area (Å²) < 4.78 is 41.6. The van der Waals surface area contributed by atoms with Crippen LogP contribution >= 0.6 is 0 Å². The fraction of sp³-hybridized carbons (Fsp3) is 0.286. The average Bonchev–Trinajstić information content (AvgIpc) is 3.25. The molecule has 2 heterocycles. The van der Waals surface area contributed by atoms with Gasteiger partial charge in [0.05, 0.1) is 23.3 Å². The third-order valence-corrected chi connectivity index (χ3v) is 6.88. The molecule has 3 aromatic rings. The van der Waals surface area contributed by atoms with Crippen LogP contribution in [-0.4, -0.2) is 71.1 Å². The van der Waals surface area contributed by atoms with Crippen LogP contribution in [0.5, 0.6) is 0 Å². The maximum Gasteiger partial charge on any atom is 0.417 e. The van der Waals surface area contributed by atoms with Crippen LogP contribution in [-0.2, 0) is 6.18 Å². The maximum absolute atomic E-state index is 13.9. The first-order valence-corrected chi connectivity index (χ1v) is 12.0. The van der Waals surface area contributed by atoms with Crippen molar-refractivity contribution in [3.63, 3.8) is 0 Å². The monoisotopic (exact) mass is 509 g/mol. The first-order chi connectivity index (χ1) is 17.7. The number of likely N-dealkylation sites (tertiary alicyclic amines) is 2. The molecule has 192 valence electrons. The molecule has 0 radical (unpaired) electrons. The molecule has 0 spiro atoms. The van der Waals surface area contributed by atoms with Gasteiger partial charge in [0, 0.05) is 37.8 Å². The molecule has 9 heteroatoms. The first kappa shape index (κ1) is 25.0. The minimum absolute atomic E-state index is 0.173. The van der Waals surface area contributed by atoms with E-state index >= 15 is 0 Å². The summed E-state index contributed by atoms with van der Waals surface area (Å²) in [5.41, 5.74) is 0.213. The van der Waals surface area contributed by atoms with Gasteiger partial charge in [-0.15, -0.1) is 0 Å². The van der Waals surface area contributed by atoms with Gasteiger partial charge < -0.3 is 20.2 Å². The van der Waals surface area contributed by atoms with Gasteiger partial charge in [-0.1, -0.05) is 54.6 Å². The molecule has 2 N–H and O–H groups in total. The zero-order chi connectivity index (χ0) is 26.2. The van der Waals surface area contributed by atoms with Crippen LogP contribution < -0.4 is 5.32 Å². The third-order valence-electron chi connectivity index (χ3n) is 6.88. The number of nitrogens with zero attached hydrogens (tertiary/aromatic N) is 2. The lowest BCUT2D eigenvalue weighted by Crippen LogP contribution is -2.63. The van der Waals surface area contributed by atoms with Crippen LogP contribution in [0, 0.1) is 0 Å². The Morgan fingerprint density at radius 1 is 0.784 bits per heavy atom. The number of halogens is 3. The van der Waals surface area contributed by atoms with Gasteiger partial charge in [0.15, 0.2) is 0 Å². The predicted octanol–water partition coefficient (Wildman–Crippen LogP) is 3.67. The third kappa shape index (κ3) is 5.23. The fourth-order valence-corrected chi connectivity index (χ4v) is 4.88. The van der Waals surface area contributed by atoms with Crippen LogP contribution in [0.25, 0.3) is 11.1 Å². The zero-order valence-electron chi connectivity index (χ0n) is 19.9. The van der Waals surface area contributed by atoms with Crippen molar-refractivity contribution in [1.29, 1.82) is 0 Å². The standard InChI is InChI=1S/C28H26F3N3O3/c29-28(30,31)23-13-20(18-7-3-1-4-8-18)11-12-22(23)27(37)33-14-21(15-33)32-24-16-34(17-25(24)35)26(36)19-9-5-2-6-10-19/h1-13,21,24-25,32,35H,14-17H2/t24-,25-/m1/s1. The van der Waals surface area contributed by atoms with Gasteiger partial charge in [-0.25, -0.2) is 0 Å². The van der Waals surface area contributed by atoms with E-state index in [1.165, 1.54) is 17.0 Å². The van der Waals surface area contributed by atoms with Crippen molar-refractivity contribution < 1.29 is 27.9 Å². The van der Waals surface area contributed by atoms with Crippen LogP contribution in [0.1, 0.15) is 26.3 Å². The predicted molar refractivity (Wildman–Crippen MR) is 132 cm³/mol. The molecule has 0 unspecified atom stereocenters. The Morgan fingerprint density at radius 3 is 2.05 bits per heavy atom. The van der Waals surface area contributed by atoms with E-state index in [2.05, 4.69) is 5.32 Å². The van der Waals surface area contributed by atoms with Crippen molar-refractivity contribution >= 4 is 11.8 Å². The molecule has 0 aliphatic carbocycles. The van der Waals surface area contributed by atoms with Gasteiger partial charge >= 0.3 is 6.18 Å². The summed E-state index contributed by atoms with van der Waals surface area (Å²) in [6, 6.07) is 20.7. The van der Waals surface area contributed by atoms with Crippen LogP contribution in [0.2, 0.25) is 0 Å². The molecular formula is C28H26F3N3O3. The van der Waals surface area contributed by atoms with Crippen molar-refractivity contribution in [3.05, 3.63) is 95.6 Å². The molecule has 2 aliphatic heterocycles. The summed E-state index contributed by atoms with van der Waals surface area (Å²) in [4.78, 5) is 28.6. The number of aliphatic hydroxyl groups excluding tert-OH is 1. The molecule has 2 atom stereocenters. The van der Waals surface area contributed by atoms with Gasteiger partial charge in [-0.05, 0) is 35.4 Å². The minimum Gasteiger partial charge on any atom is -0.390 e. The molecule has 2 saturated heterocycles. The molecule has 0 aromatic heterocycles. The van der Waals surface area contributed by atoms with E-state index < -0.39 is 23.8 Å². The van der Waals surface area contributed by atoms with E-state index in [0.717, 1.165) is 6.07 Å². The number of hydrogen-bond donors (Lipinski definition) is 2. The van der Waals surface area contributed by atoms with Crippen molar-refractivity contribution in [2.24, 2.45) is 0 Å². The Kier molecular flexibility index (Phi) is 6.74. The molecule has 2 aliphatic rings. The lowest BCUT2D eigenvalue weighted by atomic mass is 9.96. The van der Waals surface area contributed by atoms with E-state index in [4.69, 9.17) is 0 Å². The van der Waals surface area contributed by atoms with Crippen LogP contribution in [0.3, 0.4) is 0 Å². The zero-order valence-corrected chi connectivity index (χ0v) is 19.9. The fourth-order valence-electron chi connectivity index (χ4n) is 4.88. The molecule has 37 heavy (non-hydrogen) atoms. The second kappa shape index (κ2) is 9.99. The normalized spacial score (nSPS) is 20.1. The van der Waals surface area contributed by atoms with Crippen molar-refractivity contribution in [2.75, 3.05) is 26.2 Å². The number of carbonyl (C=O) groups excluding carboxylic acids is 2. The maximum atomic E-state index is 13.9. The number of aliphatic hydroxyl groups is 1. The van der Waals surface area contributed by atoms with E-state index in [9.17, 15) is 27.9 Å². The second-order valence-electron chi connectivity index (χ2n) is 9.45. The largest absolute Gasteiger partial charge is 0.417 e. The Hall–Kier alpha value is -3.69. The Balaban J connectivity index is 1.22. The van der Waals surface area contributed by atoms with Crippen molar-refractivity contribution in [2.45, 2.75) is 24.4 Å². The summed E-state index contributed by atoms with van der Waals surface area (Å²) in [5, 5.41) is 13.7.